The number of nitrogens with one attached hydrogen (secondary N) is 1. The van der Waals surface area contributed by atoms with Crippen molar-refractivity contribution in [1.29, 1.82) is 0 Å². The van der Waals surface area contributed by atoms with Crippen LogP contribution in [0.4, 0.5) is 17.3 Å². The van der Waals surface area contributed by atoms with Crippen LogP contribution in [0.2, 0.25) is 0 Å². The number of hydrogen-bond donors (Lipinski definition) is 1. The molecule has 2 aliphatic heterocycles. The fourth-order valence-electron chi connectivity index (χ4n) is 4.23. The van der Waals surface area contributed by atoms with Crippen molar-refractivity contribution in [2.75, 3.05) is 74.4 Å². The van der Waals surface area contributed by atoms with Crippen molar-refractivity contribution >= 4 is 23.5 Å². The van der Waals surface area contributed by atoms with Gasteiger partial charge in [-0.3, -0.25) is 10.4 Å². The molecule has 0 bridgehead atoms. The number of aromatic nitrogens is 3. The summed E-state index contributed by atoms with van der Waals surface area (Å²) in [4.78, 5) is 18.2. The first kappa shape index (κ1) is 24.9. The number of nitrogens with zero attached hydrogens (tertiary/aromatic N) is 6. The van der Waals surface area contributed by atoms with Crippen LogP contribution in [0.15, 0.2) is 53.8 Å². The largest absolute Gasteiger partial charge is 0.463 e. The Hall–Kier alpha value is -3.76. The molecule has 0 aliphatic carbocycles. The van der Waals surface area contributed by atoms with Gasteiger partial charge in [0.1, 0.15) is 5.82 Å². The van der Waals surface area contributed by atoms with E-state index in [1.54, 1.807) is 6.21 Å². The van der Waals surface area contributed by atoms with Gasteiger partial charge in [-0.25, -0.2) is 0 Å². The summed E-state index contributed by atoms with van der Waals surface area (Å²) in [5.74, 6) is 1.36. The van der Waals surface area contributed by atoms with E-state index in [1.165, 1.54) is 5.56 Å². The fourth-order valence-corrected chi connectivity index (χ4v) is 4.23. The van der Waals surface area contributed by atoms with Crippen LogP contribution in [0, 0.1) is 6.92 Å². The van der Waals surface area contributed by atoms with Crippen molar-refractivity contribution in [1.82, 2.24) is 15.0 Å². The third-order valence-electron chi connectivity index (χ3n) is 6.24. The molecule has 0 unspecified atom stereocenters. The highest BCUT2D eigenvalue weighted by atomic mass is 16.5. The smallest absolute Gasteiger partial charge is 0.320 e. The van der Waals surface area contributed by atoms with Gasteiger partial charge in [0.25, 0.3) is 0 Å². The third-order valence-corrected chi connectivity index (χ3v) is 6.24. The molecular formula is C27H33N7O3. The van der Waals surface area contributed by atoms with Gasteiger partial charge in [-0.15, -0.1) is 0 Å². The highest BCUT2D eigenvalue weighted by Crippen LogP contribution is 2.21. The van der Waals surface area contributed by atoms with Gasteiger partial charge >= 0.3 is 6.01 Å². The number of aryl methyl sites for hydroxylation is 1. The monoisotopic (exact) mass is 503 g/mol. The molecule has 10 heteroatoms. The van der Waals surface area contributed by atoms with Gasteiger partial charge in [-0.1, -0.05) is 29.8 Å². The van der Waals surface area contributed by atoms with Crippen molar-refractivity contribution in [2.24, 2.45) is 5.10 Å². The zero-order valence-corrected chi connectivity index (χ0v) is 21.2. The highest BCUT2D eigenvalue weighted by molar-refractivity contribution is 5.80. The van der Waals surface area contributed by atoms with E-state index in [0.29, 0.717) is 38.1 Å². The lowest BCUT2D eigenvalue weighted by Gasteiger charge is -2.28. The number of ether oxygens (including phenoxy) is 3. The third kappa shape index (κ3) is 7.14. The van der Waals surface area contributed by atoms with Crippen LogP contribution in [0.25, 0.3) is 0 Å². The average Bonchev–Trinajstić information content (AvgIpc) is 2.94. The molecule has 1 aromatic carbocycles. The second kappa shape index (κ2) is 12.5. The van der Waals surface area contributed by atoms with E-state index in [2.05, 4.69) is 60.4 Å². The predicted molar refractivity (Wildman–Crippen MR) is 144 cm³/mol. The molecule has 2 saturated heterocycles. The molecular weight excluding hydrogens is 470 g/mol. The number of anilines is 3. The van der Waals surface area contributed by atoms with Gasteiger partial charge in [-0.2, -0.15) is 15.1 Å². The lowest BCUT2D eigenvalue weighted by atomic mass is 10.2. The Kier molecular flexibility index (Phi) is 8.39. The second-order valence-corrected chi connectivity index (χ2v) is 8.98. The number of rotatable bonds is 9. The molecule has 2 aromatic heterocycles. The normalized spacial score (nSPS) is 16.2. The summed E-state index contributed by atoms with van der Waals surface area (Å²) in [5.41, 5.74) is 7.31. The van der Waals surface area contributed by atoms with Crippen LogP contribution >= 0.6 is 0 Å². The molecule has 3 aromatic rings. The standard InChI is InChI=1S/C27H33N7O3/c1-21-3-2-4-22(17-21)19-29-32-25-18-26(34-10-15-36-16-11-34)31-27(30-25)37-12-7-23-5-6-24(20-28-23)33-8-13-35-14-9-33/h2-6,17-20H,7-16H2,1H3,(H,30,31,32)/b29-19+. The quantitative estimate of drug-likeness (QED) is 0.349. The van der Waals surface area contributed by atoms with Crippen molar-refractivity contribution in [3.05, 3.63) is 65.5 Å². The van der Waals surface area contributed by atoms with E-state index in [4.69, 9.17) is 14.2 Å². The molecule has 0 spiro atoms. The first-order valence-electron chi connectivity index (χ1n) is 12.7. The van der Waals surface area contributed by atoms with E-state index < -0.39 is 0 Å². The molecule has 4 heterocycles. The van der Waals surface area contributed by atoms with E-state index >= 15 is 0 Å². The van der Waals surface area contributed by atoms with E-state index in [1.807, 2.05) is 30.5 Å². The summed E-state index contributed by atoms with van der Waals surface area (Å²) in [6.07, 6.45) is 4.35. The topological polar surface area (TPSA) is 97.2 Å². The maximum absolute atomic E-state index is 5.97. The molecule has 1 N–H and O–H groups in total. The van der Waals surface area contributed by atoms with Crippen LogP contribution in [-0.4, -0.2) is 80.4 Å². The molecule has 5 rings (SSSR count). The minimum absolute atomic E-state index is 0.308. The predicted octanol–water partition coefficient (Wildman–Crippen LogP) is 2.92. The fraction of sp³-hybridized carbons (Fsp3) is 0.407. The van der Waals surface area contributed by atoms with Gasteiger partial charge in [0.2, 0.25) is 0 Å². The second-order valence-electron chi connectivity index (χ2n) is 8.98. The first-order chi connectivity index (χ1) is 18.2. The summed E-state index contributed by atoms with van der Waals surface area (Å²) >= 11 is 0. The zero-order valence-electron chi connectivity index (χ0n) is 21.2. The molecule has 0 amide bonds. The summed E-state index contributed by atoms with van der Waals surface area (Å²) in [5, 5.41) is 4.37. The molecule has 2 aliphatic rings. The van der Waals surface area contributed by atoms with Gasteiger partial charge in [0.15, 0.2) is 5.82 Å². The summed E-state index contributed by atoms with van der Waals surface area (Å²) in [6.45, 7) is 8.65. The molecule has 194 valence electrons. The van der Waals surface area contributed by atoms with Crippen LogP contribution in [0.5, 0.6) is 6.01 Å². The van der Waals surface area contributed by atoms with Crippen molar-refractivity contribution in [3.63, 3.8) is 0 Å². The van der Waals surface area contributed by atoms with E-state index in [0.717, 1.165) is 62.2 Å². The minimum Gasteiger partial charge on any atom is -0.463 e. The summed E-state index contributed by atoms with van der Waals surface area (Å²) in [6, 6.07) is 14.5. The van der Waals surface area contributed by atoms with Gasteiger partial charge in [0, 0.05) is 44.4 Å². The lowest BCUT2D eigenvalue weighted by molar-refractivity contribution is 0.122. The molecule has 0 radical (unpaired) electrons. The van der Waals surface area contributed by atoms with Gasteiger partial charge < -0.3 is 24.0 Å². The van der Waals surface area contributed by atoms with Gasteiger partial charge in [-0.05, 0) is 24.6 Å². The Morgan fingerprint density at radius 1 is 0.973 bits per heavy atom. The Labute approximate surface area is 217 Å². The van der Waals surface area contributed by atoms with Crippen molar-refractivity contribution < 1.29 is 14.2 Å². The molecule has 10 nitrogen and oxygen atoms in total. The summed E-state index contributed by atoms with van der Waals surface area (Å²) in [7, 11) is 0. The maximum atomic E-state index is 5.97. The first-order valence-corrected chi connectivity index (χ1v) is 12.7. The lowest BCUT2D eigenvalue weighted by Crippen LogP contribution is -2.36. The van der Waals surface area contributed by atoms with Crippen molar-refractivity contribution in [3.8, 4) is 6.01 Å². The molecule has 37 heavy (non-hydrogen) atoms. The Bertz CT molecular complexity index is 1180. The SMILES string of the molecule is Cc1cccc(/C=N/Nc2cc(N3CCOCC3)nc(OCCc3ccc(N4CCOCC4)cn3)n2)c1. The number of morpholine rings is 2. The average molecular weight is 504 g/mol. The van der Waals surface area contributed by atoms with E-state index in [9.17, 15) is 0 Å². The molecule has 2 fully saturated rings. The minimum atomic E-state index is 0.308. The summed E-state index contributed by atoms with van der Waals surface area (Å²) < 4.78 is 16.9. The number of hydrazone groups is 1. The Morgan fingerprint density at radius 3 is 2.49 bits per heavy atom. The molecule has 0 atom stereocenters. The Morgan fingerprint density at radius 2 is 1.76 bits per heavy atom. The van der Waals surface area contributed by atoms with Crippen molar-refractivity contribution in [2.45, 2.75) is 13.3 Å². The van der Waals surface area contributed by atoms with Crippen LogP contribution in [0.1, 0.15) is 16.8 Å². The van der Waals surface area contributed by atoms with Crippen LogP contribution in [0.3, 0.4) is 0 Å². The number of benzene rings is 1. The highest BCUT2D eigenvalue weighted by Gasteiger charge is 2.16. The zero-order chi connectivity index (χ0) is 25.3. The number of pyridine rings is 1. The number of hydrogen-bond acceptors (Lipinski definition) is 10. The molecule has 0 saturated carbocycles. The maximum Gasteiger partial charge on any atom is 0.320 e. The Balaban J connectivity index is 1.22. The van der Waals surface area contributed by atoms with Gasteiger partial charge in [0.05, 0.1) is 51.1 Å². The van der Waals surface area contributed by atoms with E-state index in [-0.39, 0.29) is 0 Å². The van der Waals surface area contributed by atoms with Crippen LogP contribution < -0.4 is 20.0 Å². The van der Waals surface area contributed by atoms with Crippen LogP contribution in [-0.2, 0) is 15.9 Å².